The summed E-state index contributed by atoms with van der Waals surface area (Å²) in [5.74, 6) is -1.20. The molecule has 0 saturated carbocycles. The molecule has 26 heavy (non-hydrogen) atoms. The molecular weight excluding hydrogens is 347 g/mol. The summed E-state index contributed by atoms with van der Waals surface area (Å²) in [5.41, 5.74) is 0.162. The minimum atomic E-state index is -4.47. The largest absolute Gasteiger partial charge is 0.488 e. The lowest BCUT2D eigenvalue weighted by Gasteiger charge is -2.21. The molecule has 0 fully saturated rings. The molecule has 4 nitrogen and oxygen atoms in total. The molecule has 1 atom stereocenters. The molecule has 2 aromatic rings. The van der Waals surface area contributed by atoms with E-state index in [-0.39, 0.29) is 11.3 Å². The van der Waals surface area contributed by atoms with E-state index in [0.29, 0.717) is 19.5 Å². The predicted molar refractivity (Wildman–Crippen MR) is 91.3 cm³/mol. The number of nitrogens with one attached hydrogen (secondary N) is 1. The minimum absolute atomic E-state index is 0.187. The summed E-state index contributed by atoms with van der Waals surface area (Å²) in [7, 11) is 0. The van der Waals surface area contributed by atoms with Crippen molar-refractivity contribution < 1.29 is 27.8 Å². The van der Waals surface area contributed by atoms with Gasteiger partial charge in [0.2, 0.25) is 0 Å². The Morgan fingerprint density at radius 1 is 1.19 bits per heavy atom. The molecule has 2 aromatic carbocycles. The first kappa shape index (κ1) is 19.8. The maximum absolute atomic E-state index is 13.0. The van der Waals surface area contributed by atoms with Gasteiger partial charge in [0.25, 0.3) is 0 Å². The summed E-state index contributed by atoms with van der Waals surface area (Å²) >= 11 is 0. The highest BCUT2D eigenvalue weighted by atomic mass is 19.4. The van der Waals surface area contributed by atoms with Crippen LogP contribution >= 0.6 is 0 Å². The van der Waals surface area contributed by atoms with Crippen LogP contribution in [0.2, 0.25) is 0 Å². The number of aromatic carboxylic acids is 1. The first-order valence-electron chi connectivity index (χ1n) is 8.17. The third-order valence-corrected chi connectivity index (χ3v) is 3.82. The van der Waals surface area contributed by atoms with Crippen molar-refractivity contribution in [2.24, 2.45) is 0 Å². The molecule has 0 saturated heterocycles. The van der Waals surface area contributed by atoms with Gasteiger partial charge in [-0.15, -0.1) is 0 Å². The van der Waals surface area contributed by atoms with Crippen molar-refractivity contribution in [3.8, 4) is 5.75 Å². The molecule has 7 heteroatoms. The quantitative estimate of drug-likeness (QED) is 0.728. The Morgan fingerprint density at radius 2 is 1.92 bits per heavy atom. The van der Waals surface area contributed by atoms with Gasteiger partial charge in [0.15, 0.2) is 0 Å². The van der Waals surface area contributed by atoms with E-state index in [1.54, 1.807) is 18.2 Å². The van der Waals surface area contributed by atoms with E-state index in [9.17, 15) is 18.0 Å². The van der Waals surface area contributed by atoms with E-state index in [2.05, 4.69) is 5.32 Å². The zero-order valence-electron chi connectivity index (χ0n) is 14.2. The fourth-order valence-electron chi connectivity index (χ4n) is 2.44. The number of halogens is 3. The van der Waals surface area contributed by atoms with Crippen molar-refractivity contribution in [1.29, 1.82) is 0 Å². The van der Waals surface area contributed by atoms with Crippen molar-refractivity contribution in [2.75, 3.05) is 6.54 Å². The summed E-state index contributed by atoms with van der Waals surface area (Å²) in [6.07, 6.45) is -4.39. The van der Waals surface area contributed by atoms with Gasteiger partial charge in [0.05, 0.1) is 11.1 Å². The standard InChI is InChI=1S/C19H20F3NO3/c1-2-15(26-17-9-4-3-8-16(17)19(20,21)22)12-23-11-13-6-5-7-14(10-13)18(24)25/h3-10,15,23H,2,11-12H2,1H3,(H,24,25). The first-order valence-corrected chi connectivity index (χ1v) is 8.17. The Hall–Kier alpha value is -2.54. The van der Waals surface area contributed by atoms with Gasteiger partial charge in [0.1, 0.15) is 11.9 Å². The molecule has 0 spiro atoms. The number of carboxylic acid groups (broad SMARTS) is 1. The zero-order valence-corrected chi connectivity index (χ0v) is 14.2. The average Bonchev–Trinajstić information content (AvgIpc) is 2.60. The second-order valence-corrected chi connectivity index (χ2v) is 5.78. The van der Waals surface area contributed by atoms with E-state index in [4.69, 9.17) is 9.84 Å². The fraction of sp³-hybridized carbons (Fsp3) is 0.316. The van der Waals surface area contributed by atoms with Crippen LogP contribution in [0.5, 0.6) is 5.75 Å². The Labute approximate surface area is 149 Å². The smallest absolute Gasteiger partial charge is 0.419 e. The molecular formula is C19H20F3NO3. The molecule has 2 rings (SSSR count). The van der Waals surface area contributed by atoms with Crippen LogP contribution in [0.25, 0.3) is 0 Å². The fourth-order valence-corrected chi connectivity index (χ4v) is 2.44. The maximum atomic E-state index is 13.0. The lowest BCUT2D eigenvalue weighted by atomic mass is 10.1. The Kier molecular flexibility index (Phi) is 6.63. The van der Waals surface area contributed by atoms with Gasteiger partial charge in [-0.05, 0) is 36.2 Å². The third-order valence-electron chi connectivity index (χ3n) is 3.82. The Bertz CT molecular complexity index is 747. The number of alkyl halides is 3. The van der Waals surface area contributed by atoms with Crippen LogP contribution in [-0.4, -0.2) is 23.7 Å². The highest BCUT2D eigenvalue weighted by Crippen LogP contribution is 2.36. The number of benzene rings is 2. The number of ether oxygens (including phenoxy) is 1. The number of hydrogen-bond donors (Lipinski definition) is 2. The predicted octanol–water partition coefficient (Wildman–Crippen LogP) is 4.35. The molecule has 0 amide bonds. The number of carboxylic acids is 1. The minimum Gasteiger partial charge on any atom is -0.488 e. The molecule has 0 aliphatic rings. The van der Waals surface area contributed by atoms with Gasteiger partial charge in [0, 0.05) is 13.1 Å². The summed E-state index contributed by atoms with van der Waals surface area (Å²) in [6, 6.07) is 11.6. The zero-order chi connectivity index (χ0) is 19.2. The van der Waals surface area contributed by atoms with Crippen LogP contribution in [0, 0.1) is 0 Å². The van der Waals surface area contributed by atoms with E-state index in [0.717, 1.165) is 11.6 Å². The number of rotatable bonds is 8. The van der Waals surface area contributed by atoms with Crippen molar-refractivity contribution in [3.63, 3.8) is 0 Å². The van der Waals surface area contributed by atoms with E-state index in [1.165, 1.54) is 24.3 Å². The molecule has 0 bridgehead atoms. The molecule has 2 N–H and O–H groups in total. The molecule has 1 unspecified atom stereocenters. The van der Waals surface area contributed by atoms with Crippen molar-refractivity contribution in [2.45, 2.75) is 32.2 Å². The summed E-state index contributed by atoms with van der Waals surface area (Å²) < 4.78 is 44.7. The third kappa shape index (κ3) is 5.49. The summed E-state index contributed by atoms with van der Waals surface area (Å²) in [4.78, 5) is 11.0. The van der Waals surface area contributed by atoms with Gasteiger partial charge in [-0.25, -0.2) is 4.79 Å². The van der Waals surface area contributed by atoms with Crippen molar-refractivity contribution in [1.82, 2.24) is 5.32 Å². The molecule has 0 aromatic heterocycles. The second-order valence-electron chi connectivity index (χ2n) is 5.78. The number of para-hydroxylation sites is 1. The molecule has 0 radical (unpaired) electrons. The molecule has 0 aliphatic heterocycles. The first-order chi connectivity index (χ1) is 12.3. The van der Waals surface area contributed by atoms with Crippen molar-refractivity contribution >= 4 is 5.97 Å². The topological polar surface area (TPSA) is 58.6 Å². The second kappa shape index (κ2) is 8.71. The Morgan fingerprint density at radius 3 is 2.58 bits per heavy atom. The molecule has 0 aliphatic carbocycles. The lowest BCUT2D eigenvalue weighted by Crippen LogP contribution is -2.31. The SMILES string of the molecule is CCC(CNCc1cccc(C(=O)O)c1)Oc1ccccc1C(F)(F)F. The Balaban J connectivity index is 1.97. The van der Waals surface area contributed by atoms with E-state index >= 15 is 0 Å². The van der Waals surface area contributed by atoms with Gasteiger partial charge >= 0.3 is 12.1 Å². The maximum Gasteiger partial charge on any atom is 0.419 e. The highest BCUT2D eigenvalue weighted by molar-refractivity contribution is 5.87. The monoisotopic (exact) mass is 367 g/mol. The van der Waals surface area contributed by atoms with Crippen LogP contribution in [-0.2, 0) is 12.7 Å². The van der Waals surface area contributed by atoms with Gasteiger partial charge in [-0.1, -0.05) is 31.2 Å². The summed E-state index contributed by atoms with van der Waals surface area (Å²) in [5, 5.41) is 12.1. The number of carbonyl (C=O) groups is 1. The molecule has 0 heterocycles. The molecule has 140 valence electrons. The van der Waals surface area contributed by atoms with Crippen LogP contribution in [0.1, 0.15) is 34.8 Å². The normalized spacial score (nSPS) is 12.6. The lowest BCUT2D eigenvalue weighted by molar-refractivity contribution is -0.139. The van der Waals surface area contributed by atoms with Crippen molar-refractivity contribution in [3.05, 3.63) is 65.2 Å². The van der Waals surface area contributed by atoms with E-state index in [1.807, 2.05) is 6.92 Å². The van der Waals surface area contributed by atoms with Gasteiger partial charge in [-0.2, -0.15) is 13.2 Å². The van der Waals surface area contributed by atoms with Crippen LogP contribution in [0.3, 0.4) is 0 Å². The highest BCUT2D eigenvalue weighted by Gasteiger charge is 2.34. The van der Waals surface area contributed by atoms with Crippen LogP contribution < -0.4 is 10.1 Å². The average molecular weight is 367 g/mol. The van der Waals surface area contributed by atoms with Gasteiger partial charge in [-0.3, -0.25) is 0 Å². The van der Waals surface area contributed by atoms with E-state index < -0.39 is 23.8 Å². The summed E-state index contributed by atoms with van der Waals surface area (Å²) in [6.45, 7) is 2.55. The van der Waals surface area contributed by atoms with Crippen LogP contribution in [0.4, 0.5) is 13.2 Å². The van der Waals surface area contributed by atoms with Gasteiger partial charge < -0.3 is 15.2 Å². The van der Waals surface area contributed by atoms with Crippen LogP contribution in [0.15, 0.2) is 48.5 Å². The number of hydrogen-bond acceptors (Lipinski definition) is 3.